The quantitative estimate of drug-likeness (QED) is 0.833. The van der Waals surface area contributed by atoms with Gasteiger partial charge in [0.05, 0.1) is 5.69 Å². The molecule has 0 amide bonds. The SMILES string of the molecule is Cc1ccc(N)c(S(=O)(=O)NCC2CCSC2)c1C. The highest BCUT2D eigenvalue weighted by Gasteiger charge is 2.23. The summed E-state index contributed by atoms with van der Waals surface area (Å²) in [5, 5.41) is 0. The maximum absolute atomic E-state index is 12.4. The van der Waals surface area contributed by atoms with Crippen LogP contribution in [-0.2, 0) is 10.0 Å². The van der Waals surface area contributed by atoms with Crippen LogP contribution < -0.4 is 10.5 Å². The molecule has 1 atom stereocenters. The number of aryl methyl sites for hydroxylation is 1. The topological polar surface area (TPSA) is 72.2 Å². The number of sulfonamides is 1. The molecule has 1 aromatic carbocycles. The molecular formula is C13H20N2O2S2. The van der Waals surface area contributed by atoms with Crippen LogP contribution in [-0.4, -0.2) is 26.5 Å². The van der Waals surface area contributed by atoms with Crippen LogP contribution in [0.3, 0.4) is 0 Å². The van der Waals surface area contributed by atoms with Crippen LogP contribution in [0, 0.1) is 19.8 Å². The van der Waals surface area contributed by atoms with Gasteiger partial charge in [0, 0.05) is 6.54 Å². The molecule has 4 nitrogen and oxygen atoms in total. The van der Waals surface area contributed by atoms with Gasteiger partial charge in [-0.15, -0.1) is 0 Å². The monoisotopic (exact) mass is 300 g/mol. The van der Waals surface area contributed by atoms with Crippen LogP contribution >= 0.6 is 11.8 Å². The molecule has 1 aliphatic heterocycles. The third-order valence-electron chi connectivity index (χ3n) is 3.56. The summed E-state index contributed by atoms with van der Waals surface area (Å²) in [6.45, 7) is 4.19. The Kier molecular flexibility index (Phi) is 4.43. The Bertz CT molecular complexity index is 564. The minimum atomic E-state index is -3.52. The fourth-order valence-corrected chi connectivity index (χ4v) is 5.04. The molecule has 0 aliphatic carbocycles. The van der Waals surface area contributed by atoms with Crippen molar-refractivity contribution in [2.75, 3.05) is 23.8 Å². The molecule has 1 saturated heterocycles. The lowest BCUT2D eigenvalue weighted by Crippen LogP contribution is -2.30. The molecule has 1 unspecified atom stereocenters. The van der Waals surface area contributed by atoms with Crippen molar-refractivity contribution in [3.63, 3.8) is 0 Å². The van der Waals surface area contributed by atoms with E-state index in [2.05, 4.69) is 4.72 Å². The number of nitrogens with one attached hydrogen (secondary N) is 1. The van der Waals surface area contributed by atoms with Gasteiger partial charge in [-0.1, -0.05) is 6.07 Å². The molecule has 0 aromatic heterocycles. The second-order valence-electron chi connectivity index (χ2n) is 5.01. The smallest absolute Gasteiger partial charge is 0.242 e. The highest BCUT2D eigenvalue weighted by Crippen LogP contribution is 2.26. The average Bonchev–Trinajstić information content (AvgIpc) is 2.85. The summed E-state index contributed by atoms with van der Waals surface area (Å²) in [5.74, 6) is 2.59. The van der Waals surface area contributed by atoms with Gasteiger partial charge in [-0.3, -0.25) is 0 Å². The van der Waals surface area contributed by atoms with Gasteiger partial charge in [-0.25, -0.2) is 13.1 Å². The van der Waals surface area contributed by atoms with Gasteiger partial charge in [0.1, 0.15) is 4.90 Å². The molecule has 6 heteroatoms. The predicted molar refractivity (Wildman–Crippen MR) is 80.9 cm³/mol. The number of nitrogen functional groups attached to an aromatic ring is 1. The van der Waals surface area contributed by atoms with Crippen LogP contribution in [0.5, 0.6) is 0 Å². The summed E-state index contributed by atoms with van der Waals surface area (Å²) in [5.41, 5.74) is 7.82. The van der Waals surface area contributed by atoms with Crippen molar-refractivity contribution in [2.45, 2.75) is 25.2 Å². The van der Waals surface area contributed by atoms with Gasteiger partial charge >= 0.3 is 0 Å². The zero-order chi connectivity index (χ0) is 14.0. The molecule has 1 aromatic rings. The first-order chi connectivity index (χ1) is 8.92. The molecule has 0 saturated carbocycles. The molecule has 106 valence electrons. The number of rotatable bonds is 4. The molecule has 2 rings (SSSR count). The Morgan fingerprint density at radius 3 is 2.79 bits per heavy atom. The van der Waals surface area contributed by atoms with Crippen LogP contribution in [0.1, 0.15) is 17.5 Å². The zero-order valence-corrected chi connectivity index (χ0v) is 12.9. The molecule has 1 heterocycles. The summed E-state index contributed by atoms with van der Waals surface area (Å²) < 4.78 is 27.5. The Balaban J connectivity index is 2.21. The lowest BCUT2D eigenvalue weighted by atomic mass is 10.1. The van der Waals surface area contributed by atoms with Crippen LogP contribution in [0.2, 0.25) is 0 Å². The van der Waals surface area contributed by atoms with Crippen molar-refractivity contribution < 1.29 is 8.42 Å². The highest BCUT2D eigenvalue weighted by atomic mass is 32.2. The van der Waals surface area contributed by atoms with E-state index < -0.39 is 10.0 Å². The predicted octanol–water partition coefficient (Wildman–Crippen LogP) is 1.92. The first-order valence-corrected chi connectivity index (χ1v) is 8.98. The van der Waals surface area contributed by atoms with E-state index >= 15 is 0 Å². The van der Waals surface area contributed by atoms with Crippen molar-refractivity contribution in [2.24, 2.45) is 5.92 Å². The molecule has 0 bridgehead atoms. The number of anilines is 1. The van der Waals surface area contributed by atoms with Crippen molar-refractivity contribution in [1.29, 1.82) is 0 Å². The standard InChI is InChI=1S/C13H20N2O2S2/c1-9-3-4-12(14)13(10(9)2)19(16,17)15-7-11-5-6-18-8-11/h3-4,11,15H,5-8,14H2,1-2H3. The van der Waals surface area contributed by atoms with E-state index in [1.807, 2.05) is 24.8 Å². The van der Waals surface area contributed by atoms with Gasteiger partial charge in [-0.05, 0) is 54.9 Å². The third kappa shape index (κ3) is 3.24. The van der Waals surface area contributed by atoms with Gasteiger partial charge in [-0.2, -0.15) is 11.8 Å². The largest absolute Gasteiger partial charge is 0.398 e. The van der Waals surface area contributed by atoms with E-state index in [4.69, 9.17) is 5.73 Å². The molecule has 19 heavy (non-hydrogen) atoms. The van der Waals surface area contributed by atoms with E-state index in [9.17, 15) is 8.42 Å². The number of hydrogen-bond donors (Lipinski definition) is 2. The van der Waals surface area contributed by atoms with Crippen molar-refractivity contribution in [1.82, 2.24) is 4.72 Å². The van der Waals surface area contributed by atoms with E-state index in [1.165, 1.54) is 0 Å². The van der Waals surface area contributed by atoms with Crippen molar-refractivity contribution in [3.05, 3.63) is 23.3 Å². The van der Waals surface area contributed by atoms with Crippen molar-refractivity contribution in [3.8, 4) is 0 Å². The average molecular weight is 300 g/mol. The molecule has 0 spiro atoms. The van der Waals surface area contributed by atoms with Crippen LogP contribution in [0.4, 0.5) is 5.69 Å². The van der Waals surface area contributed by atoms with E-state index in [0.717, 1.165) is 29.1 Å². The summed E-state index contributed by atoms with van der Waals surface area (Å²) in [6, 6.07) is 3.50. The second kappa shape index (κ2) is 5.73. The number of hydrogen-bond acceptors (Lipinski definition) is 4. The molecule has 1 fully saturated rings. The van der Waals surface area contributed by atoms with Crippen LogP contribution in [0.15, 0.2) is 17.0 Å². The van der Waals surface area contributed by atoms with E-state index in [-0.39, 0.29) is 4.90 Å². The number of benzene rings is 1. The first-order valence-electron chi connectivity index (χ1n) is 6.35. The Labute approximate surface area is 119 Å². The second-order valence-corrected chi connectivity index (χ2v) is 7.86. The fourth-order valence-electron chi connectivity index (χ4n) is 2.21. The zero-order valence-electron chi connectivity index (χ0n) is 11.3. The van der Waals surface area contributed by atoms with Gasteiger partial charge in [0.2, 0.25) is 10.0 Å². The summed E-state index contributed by atoms with van der Waals surface area (Å²) in [4.78, 5) is 0.234. The maximum atomic E-state index is 12.4. The number of thioether (sulfide) groups is 1. The molecule has 3 N–H and O–H groups in total. The normalized spacial score (nSPS) is 19.8. The van der Waals surface area contributed by atoms with E-state index in [0.29, 0.717) is 18.2 Å². The molecule has 1 aliphatic rings. The Morgan fingerprint density at radius 2 is 2.16 bits per heavy atom. The van der Waals surface area contributed by atoms with Gasteiger partial charge in [0.25, 0.3) is 0 Å². The number of nitrogens with two attached hydrogens (primary N) is 1. The highest BCUT2D eigenvalue weighted by molar-refractivity contribution is 7.99. The van der Waals surface area contributed by atoms with Gasteiger partial charge in [0.15, 0.2) is 0 Å². The minimum Gasteiger partial charge on any atom is -0.398 e. The molecule has 0 radical (unpaired) electrons. The van der Waals surface area contributed by atoms with E-state index in [1.54, 1.807) is 13.0 Å². The Morgan fingerprint density at radius 1 is 1.42 bits per heavy atom. The lowest BCUT2D eigenvalue weighted by molar-refractivity contribution is 0.545. The van der Waals surface area contributed by atoms with Gasteiger partial charge < -0.3 is 5.73 Å². The summed E-state index contributed by atoms with van der Waals surface area (Å²) in [7, 11) is -3.52. The maximum Gasteiger partial charge on any atom is 0.242 e. The van der Waals surface area contributed by atoms with Crippen LogP contribution in [0.25, 0.3) is 0 Å². The lowest BCUT2D eigenvalue weighted by Gasteiger charge is -2.15. The Hall–Kier alpha value is -0.720. The third-order valence-corrected chi connectivity index (χ3v) is 6.42. The van der Waals surface area contributed by atoms with Crippen molar-refractivity contribution >= 4 is 27.5 Å². The molecular weight excluding hydrogens is 280 g/mol. The fraction of sp³-hybridized carbons (Fsp3) is 0.538. The first kappa shape index (κ1) is 14.7. The summed E-state index contributed by atoms with van der Waals surface area (Å²) in [6.07, 6.45) is 1.08. The summed E-state index contributed by atoms with van der Waals surface area (Å²) >= 11 is 1.88. The minimum absolute atomic E-state index is 0.234.